The lowest BCUT2D eigenvalue weighted by Crippen LogP contribution is -2.29. The fourth-order valence-electron chi connectivity index (χ4n) is 2.61. The van der Waals surface area contributed by atoms with Gasteiger partial charge in [-0.25, -0.2) is 18.1 Å². The van der Waals surface area contributed by atoms with E-state index in [1.165, 1.54) is 17.6 Å². The van der Waals surface area contributed by atoms with E-state index in [-0.39, 0.29) is 16.2 Å². The molecule has 0 aliphatic heterocycles. The highest BCUT2D eigenvalue weighted by Crippen LogP contribution is 2.30. The molecule has 1 amide bonds. The Balaban J connectivity index is 1.76. The Kier molecular flexibility index (Phi) is 5.92. The van der Waals surface area contributed by atoms with Gasteiger partial charge in [0.2, 0.25) is 5.91 Å². The van der Waals surface area contributed by atoms with Crippen LogP contribution in [0, 0.1) is 0 Å². The highest BCUT2D eigenvalue weighted by molar-refractivity contribution is 7.91. The number of benzene rings is 1. The first-order valence-electron chi connectivity index (χ1n) is 8.55. The van der Waals surface area contributed by atoms with Crippen LogP contribution in [-0.4, -0.2) is 40.4 Å². The fraction of sp³-hybridized carbons (Fsp3) is 0.278. The van der Waals surface area contributed by atoms with Crippen LogP contribution in [0.15, 0.2) is 53.3 Å². The van der Waals surface area contributed by atoms with E-state index in [0.29, 0.717) is 6.54 Å². The number of aromatic nitrogens is 3. The zero-order chi connectivity index (χ0) is 20.3. The molecule has 0 aliphatic carbocycles. The maximum absolute atomic E-state index is 13.0. The van der Waals surface area contributed by atoms with E-state index in [2.05, 4.69) is 15.4 Å². The summed E-state index contributed by atoms with van der Waals surface area (Å²) >= 11 is 1.16. The SMILES string of the molecule is CC(=O)NCc1ccc(S(=O)(=O)N(C)[C@@H](C)c2ccc(-n3cncn3)cc2)s1. The number of rotatable bonds is 7. The lowest BCUT2D eigenvalue weighted by atomic mass is 10.1. The predicted octanol–water partition coefficient (Wildman–Crippen LogP) is 2.35. The van der Waals surface area contributed by atoms with Gasteiger partial charge < -0.3 is 5.32 Å². The number of carbonyl (C=O) groups is 1. The molecule has 0 fully saturated rings. The summed E-state index contributed by atoms with van der Waals surface area (Å²) in [5.41, 5.74) is 1.71. The first-order valence-corrected chi connectivity index (χ1v) is 10.8. The number of sulfonamides is 1. The molecule has 0 spiro atoms. The summed E-state index contributed by atoms with van der Waals surface area (Å²) in [4.78, 5) is 15.7. The van der Waals surface area contributed by atoms with Crippen molar-refractivity contribution >= 4 is 27.3 Å². The number of thiophene rings is 1. The van der Waals surface area contributed by atoms with Gasteiger partial charge in [-0.1, -0.05) is 12.1 Å². The number of carbonyl (C=O) groups excluding carboxylic acids is 1. The molecule has 3 aromatic rings. The van der Waals surface area contributed by atoms with Crippen LogP contribution in [-0.2, 0) is 21.4 Å². The van der Waals surface area contributed by atoms with E-state index in [1.54, 1.807) is 30.2 Å². The Labute approximate surface area is 167 Å². The lowest BCUT2D eigenvalue weighted by Gasteiger charge is -2.24. The molecule has 1 atom stereocenters. The summed E-state index contributed by atoms with van der Waals surface area (Å²) < 4.78 is 29.2. The van der Waals surface area contributed by atoms with Crippen molar-refractivity contribution in [2.75, 3.05) is 7.05 Å². The number of hydrogen-bond acceptors (Lipinski definition) is 6. The van der Waals surface area contributed by atoms with Gasteiger partial charge in [-0.3, -0.25) is 4.79 Å². The smallest absolute Gasteiger partial charge is 0.252 e. The molecule has 2 aromatic heterocycles. The molecule has 1 N–H and O–H groups in total. The van der Waals surface area contributed by atoms with Crippen molar-refractivity contribution in [1.82, 2.24) is 24.4 Å². The minimum atomic E-state index is -3.65. The van der Waals surface area contributed by atoms with Crippen LogP contribution in [0.4, 0.5) is 0 Å². The van der Waals surface area contributed by atoms with Gasteiger partial charge in [-0.2, -0.15) is 9.40 Å². The molecule has 0 bridgehead atoms. The largest absolute Gasteiger partial charge is 0.351 e. The quantitative estimate of drug-likeness (QED) is 0.634. The zero-order valence-corrected chi connectivity index (χ0v) is 17.4. The van der Waals surface area contributed by atoms with E-state index in [0.717, 1.165) is 27.5 Å². The summed E-state index contributed by atoms with van der Waals surface area (Å²) in [5.74, 6) is -0.155. The zero-order valence-electron chi connectivity index (χ0n) is 15.7. The Hall–Kier alpha value is -2.56. The van der Waals surface area contributed by atoms with Crippen LogP contribution in [0.1, 0.15) is 30.3 Å². The van der Waals surface area contributed by atoms with E-state index in [1.807, 2.05) is 31.2 Å². The Morgan fingerprint density at radius 1 is 1.25 bits per heavy atom. The van der Waals surface area contributed by atoms with Crippen LogP contribution in [0.3, 0.4) is 0 Å². The fourth-order valence-corrected chi connectivity index (χ4v) is 5.44. The minimum absolute atomic E-state index is 0.155. The first kappa shape index (κ1) is 20.2. The van der Waals surface area contributed by atoms with Gasteiger partial charge in [0.25, 0.3) is 10.0 Å². The van der Waals surface area contributed by atoms with Gasteiger partial charge in [0.15, 0.2) is 0 Å². The summed E-state index contributed by atoms with van der Waals surface area (Å²) in [7, 11) is -2.08. The standard InChI is InChI=1S/C18H21N5O3S2/c1-13(15-4-6-16(7-5-15)23-12-19-11-21-23)22(3)28(25,26)18-9-8-17(27-18)10-20-14(2)24/h4-9,11-13H,10H2,1-3H3,(H,20,24)/t13-/m0/s1. The normalized spacial score (nSPS) is 12.9. The van der Waals surface area contributed by atoms with Gasteiger partial charge in [0.05, 0.1) is 12.2 Å². The van der Waals surface area contributed by atoms with E-state index >= 15 is 0 Å². The highest BCUT2D eigenvalue weighted by Gasteiger charge is 2.27. The number of hydrogen-bond donors (Lipinski definition) is 1. The van der Waals surface area contributed by atoms with Gasteiger partial charge in [-0.05, 0) is 36.8 Å². The predicted molar refractivity (Wildman–Crippen MR) is 107 cm³/mol. The molecule has 0 saturated carbocycles. The molecule has 28 heavy (non-hydrogen) atoms. The van der Waals surface area contributed by atoms with Crippen LogP contribution in [0.2, 0.25) is 0 Å². The molecule has 3 rings (SSSR count). The first-order chi connectivity index (χ1) is 13.3. The average molecular weight is 420 g/mol. The van der Waals surface area contributed by atoms with E-state index in [9.17, 15) is 13.2 Å². The van der Waals surface area contributed by atoms with Gasteiger partial charge in [0, 0.05) is 24.9 Å². The van der Waals surface area contributed by atoms with Crippen molar-refractivity contribution in [2.24, 2.45) is 0 Å². The summed E-state index contributed by atoms with van der Waals surface area (Å²) in [6, 6.07) is 10.5. The van der Waals surface area contributed by atoms with Gasteiger partial charge in [-0.15, -0.1) is 11.3 Å². The third kappa shape index (κ3) is 4.29. The average Bonchev–Trinajstić information content (AvgIpc) is 3.37. The molecule has 148 valence electrons. The van der Waals surface area contributed by atoms with E-state index in [4.69, 9.17) is 0 Å². The minimum Gasteiger partial charge on any atom is -0.351 e. The Bertz CT molecular complexity index is 1040. The van der Waals surface area contributed by atoms with Gasteiger partial charge >= 0.3 is 0 Å². The third-order valence-corrected chi connectivity index (χ3v) is 7.87. The lowest BCUT2D eigenvalue weighted by molar-refractivity contribution is -0.119. The topological polar surface area (TPSA) is 97.2 Å². The monoisotopic (exact) mass is 419 g/mol. The van der Waals surface area contributed by atoms with Crippen molar-refractivity contribution in [3.8, 4) is 5.69 Å². The van der Waals surface area contributed by atoms with Crippen molar-refractivity contribution in [3.05, 3.63) is 59.5 Å². The van der Waals surface area contributed by atoms with Crippen LogP contribution in [0.5, 0.6) is 0 Å². The molecule has 8 nitrogen and oxygen atoms in total. The third-order valence-electron chi connectivity index (χ3n) is 4.39. The molecule has 10 heteroatoms. The Morgan fingerprint density at radius 2 is 1.96 bits per heavy atom. The van der Waals surface area contributed by atoms with E-state index < -0.39 is 10.0 Å². The van der Waals surface area contributed by atoms with Crippen LogP contribution < -0.4 is 5.32 Å². The second kappa shape index (κ2) is 8.21. The second-order valence-electron chi connectivity index (χ2n) is 6.26. The summed E-state index contributed by atoms with van der Waals surface area (Å²) in [6.07, 6.45) is 3.06. The summed E-state index contributed by atoms with van der Waals surface area (Å²) in [6.45, 7) is 3.58. The highest BCUT2D eigenvalue weighted by atomic mass is 32.2. The van der Waals surface area contributed by atoms with Crippen molar-refractivity contribution < 1.29 is 13.2 Å². The Morgan fingerprint density at radius 3 is 2.57 bits per heavy atom. The van der Waals surface area contributed by atoms with Crippen LogP contribution >= 0.6 is 11.3 Å². The molecule has 0 unspecified atom stereocenters. The summed E-state index contributed by atoms with van der Waals surface area (Å²) in [5, 5.41) is 6.75. The molecular weight excluding hydrogens is 398 g/mol. The maximum atomic E-state index is 13.0. The number of nitrogens with zero attached hydrogens (tertiary/aromatic N) is 4. The molecule has 0 aliphatic rings. The number of amides is 1. The molecule has 0 saturated heterocycles. The van der Waals surface area contributed by atoms with Crippen molar-refractivity contribution in [2.45, 2.75) is 30.6 Å². The molecule has 1 aromatic carbocycles. The maximum Gasteiger partial charge on any atom is 0.252 e. The van der Waals surface area contributed by atoms with Crippen LogP contribution in [0.25, 0.3) is 5.69 Å². The van der Waals surface area contributed by atoms with Gasteiger partial charge in [0.1, 0.15) is 16.9 Å². The molecule has 0 radical (unpaired) electrons. The number of nitrogens with one attached hydrogen (secondary N) is 1. The van der Waals surface area contributed by atoms with Crippen molar-refractivity contribution in [3.63, 3.8) is 0 Å². The molecular formula is C18H21N5O3S2. The van der Waals surface area contributed by atoms with Crippen molar-refractivity contribution in [1.29, 1.82) is 0 Å². The second-order valence-corrected chi connectivity index (χ2v) is 9.65. The molecule has 2 heterocycles.